The van der Waals surface area contributed by atoms with Gasteiger partial charge in [-0.3, -0.25) is 4.79 Å². The Morgan fingerprint density at radius 2 is 2.00 bits per heavy atom. The highest BCUT2D eigenvalue weighted by Gasteiger charge is 2.32. The molecule has 0 amide bonds. The summed E-state index contributed by atoms with van der Waals surface area (Å²) in [6.45, 7) is 5.22. The third-order valence-electron chi connectivity index (χ3n) is 3.09. The molecule has 15 heavy (non-hydrogen) atoms. The molecule has 3 heterocycles. The number of hydrogen-bond donors (Lipinski definition) is 2. The van der Waals surface area contributed by atoms with Gasteiger partial charge in [0, 0.05) is 13.0 Å². The Bertz CT molecular complexity index is 200. The predicted molar refractivity (Wildman–Crippen MR) is 57.7 cm³/mol. The fraction of sp³-hybridized carbons (Fsp3) is 0.909. The Morgan fingerprint density at radius 3 is 2.13 bits per heavy atom. The van der Waals surface area contributed by atoms with Crippen LogP contribution in [-0.4, -0.2) is 46.8 Å². The predicted octanol–water partition coefficient (Wildman–Crippen LogP) is 0.944. The first-order valence-electron chi connectivity index (χ1n) is 5.75. The molecule has 0 aromatic rings. The molecule has 2 N–H and O–H groups in total. The molecule has 0 aromatic carbocycles. The molecule has 4 heteroatoms. The maximum absolute atomic E-state index is 9.60. The molecule has 1 atom stereocenters. The minimum absolute atomic E-state index is 0.00694. The van der Waals surface area contributed by atoms with Crippen molar-refractivity contribution < 1.29 is 15.0 Å². The third kappa shape index (κ3) is 4.18. The van der Waals surface area contributed by atoms with Gasteiger partial charge < -0.3 is 15.1 Å². The molecule has 3 fully saturated rings. The second-order valence-electron chi connectivity index (χ2n) is 4.35. The zero-order valence-corrected chi connectivity index (χ0v) is 9.35. The summed E-state index contributed by atoms with van der Waals surface area (Å²) in [6.07, 6.45) is 3.46. The van der Waals surface area contributed by atoms with E-state index in [9.17, 15) is 9.90 Å². The lowest BCUT2D eigenvalue weighted by atomic mass is 9.86. The van der Waals surface area contributed by atoms with Crippen molar-refractivity contribution in [3.63, 3.8) is 0 Å². The molecule has 0 saturated carbocycles. The largest absolute Gasteiger partial charge is 0.481 e. The summed E-state index contributed by atoms with van der Waals surface area (Å²) in [5, 5.41) is 17.3. The van der Waals surface area contributed by atoms with Crippen molar-refractivity contribution in [2.75, 3.05) is 19.6 Å². The lowest BCUT2D eigenvalue weighted by Gasteiger charge is -2.42. The maximum atomic E-state index is 9.60. The van der Waals surface area contributed by atoms with Gasteiger partial charge in [-0.2, -0.15) is 0 Å². The number of aliphatic hydroxyl groups is 1. The number of rotatable bonds is 2. The monoisotopic (exact) mass is 215 g/mol. The summed E-state index contributed by atoms with van der Waals surface area (Å²) in [4.78, 5) is 12.0. The van der Waals surface area contributed by atoms with E-state index >= 15 is 0 Å². The third-order valence-corrected chi connectivity index (χ3v) is 3.09. The van der Waals surface area contributed by atoms with Gasteiger partial charge in [0.05, 0.1) is 6.10 Å². The Hall–Kier alpha value is -0.610. The zero-order chi connectivity index (χ0) is 11.3. The van der Waals surface area contributed by atoms with Crippen LogP contribution in [0, 0.1) is 5.92 Å². The van der Waals surface area contributed by atoms with Crippen LogP contribution in [0.25, 0.3) is 0 Å². The van der Waals surface area contributed by atoms with Gasteiger partial charge in [0.15, 0.2) is 0 Å². The highest BCUT2D eigenvalue weighted by molar-refractivity contribution is 5.66. The molecule has 3 saturated heterocycles. The van der Waals surface area contributed by atoms with Crippen molar-refractivity contribution in [1.82, 2.24) is 4.90 Å². The number of nitrogens with zero attached hydrogens (tertiary/aromatic N) is 1. The molecule has 0 radical (unpaired) electrons. The highest BCUT2D eigenvalue weighted by atomic mass is 16.4. The first-order chi connectivity index (χ1) is 7.13. The summed E-state index contributed by atoms with van der Waals surface area (Å²) in [5.41, 5.74) is 0. The summed E-state index contributed by atoms with van der Waals surface area (Å²) in [5.74, 6) is -0.0764. The van der Waals surface area contributed by atoms with E-state index in [0.717, 1.165) is 13.0 Å². The smallest absolute Gasteiger partial charge is 0.303 e. The van der Waals surface area contributed by atoms with Gasteiger partial charge in [-0.1, -0.05) is 6.92 Å². The van der Waals surface area contributed by atoms with Crippen LogP contribution in [0.15, 0.2) is 0 Å². The van der Waals surface area contributed by atoms with Crippen LogP contribution < -0.4 is 0 Å². The SMILES string of the molecule is CCCC(=O)O.O[C@H]1CN2CCC1CC2. The van der Waals surface area contributed by atoms with Crippen LogP contribution in [0.1, 0.15) is 32.6 Å². The van der Waals surface area contributed by atoms with E-state index in [1.165, 1.54) is 25.9 Å². The van der Waals surface area contributed by atoms with Crippen molar-refractivity contribution in [3.8, 4) is 0 Å². The molecule has 3 rings (SSSR count). The molecule has 3 aliphatic heterocycles. The molecule has 0 unspecified atom stereocenters. The topological polar surface area (TPSA) is 60.8 Å². The van der Waals surface area contributed by atoms with Crippen LogP contribution >= 0.6 is 0 Å². The zero-order valence-electron chi connectivity index (χ0n) is 9.35. The van der Waals surface area contributed by atoms with Crippen molar-refractivity contribution in [2.24, 2.45) is 5.92 Å². The number of carbonyl (C=O) groups is 1. The Morgan fingerprint density at radius 1 is 1.40 bits per heavy atom. The van der Waals surface area contributed by atoms with Crippen molar-refractivity contribution >= 4 is 5.97 Å². The van der Waals surface area contributed by atoms with E-state index in [2.05, 4.69) is 4.90 Å². The number of carboxylic acid groups (broad SMARTS) is 1. The molecule has 0 spiro atoms. The molecule has 0 aliphatic carbocycles. The van der Waals surface area contributed by atoms with Gasteiger partial charge in [0.25, 0.3) is 0 Å². The lowest BCUT2D eigenvalue weighted by Crippen LogP contribution is -2.50. The molecular weight excluding hydrogens is 194 g/mol. The molecule has 4 nitrogen and oxygen atoms in total. The van der Waals surface area contributed by atoms with Crippen molar-refractivity contribution in [2.45, 2.75) is 38.7 Å². The van der Waals surface area contributed by atoms with Crippen molar-refractivity contribution in [1.29, 1.82) is 0 Å². The van der Waals surface area contributed by atoms with Gasteiger partial charge in [-0.15, -0.1) is 0 Å². The maximum Gasteiger partial charge on any atom is 0.303 e. The Labute approximate surface area is 90.9 Å². The first kappa shape index (κ1) is 12.5. The number of aliphatic hydroxyl groups excluding tert-OH is 1. The standard InChI is InChI=1S/C7H13NO.C4H8O2/c9-7-5-8-3-1-6(7)2-4-8;1-2-3-4(5)6/h6-7,9H,1-5H2;2-3H2,1H3,(H,5,6)/t7-;/m0./s1. The second-order valence-corrected chi connectivity index (χ2v) is 4.35. The van der Waals surface area contributed by atoms with Crippen LogP contribution in [0.4, 0.5) is 0 Å². The van der Waals surface area contributed by atoms with Gasteiger partial charge in [0.2, 0.25) is 0 Å². The van der Waals surface area contributed by atoms with Gasteiger partial charge in [-0.05, 0) is 38.3 Å². The van der Waals surface area contributed by atoms with Crippen LogP contribution in [-0.2, 0) is 4.79 Å². The van der Waals surface area contributed by atoms with E-state index < -0.39 is 5.97 Å². The molecule has 0 aromatic heterocycles. The second kappa shape index (κ2) is 6.08. The van der Waals surface area contributed by atoms with E-state index in [4.69, 9.17) is 5.11 Å². The fourth-order valence-electron chi connectivity index (χ4n) is 2.15. The fourth-order valence-corrected chi connectivity index (χ4v) is 2.15. The van der Waals surface area contributed by atoms with E-state index in [0.29, 0.717) is 12.3 Å². The minimum atomic E-state index is -0.711. The highest BCUT2D eigenvalue weighted by Crippen LogP contribution is 2.26. The number of carboxylic acids is 1. The number of piperidine rings is 3. The number of fused-ring (bicyclic) bond motifs is 3. The Balaban J connectivity index is 0.000000167. The van der Waals surface area contributed by atoms with E-state index in [-0.39, 0.29) is 6.10 Å². The van der Waals surface area contributed by atoms with E-state index in [1.54, 1.807) is 0 Å². The van der Waals surface area contributed by atoms with Gasteiger partial charge >= 0.3 is 5.97 Å². The van der Waals surface area contributed by atoms with Gasteiger partial charge in [-0.25, -0.2) is 0 Å². The average molecular weight is 215 g/mol. The Kier molecular flexibility index (Phi) is 5.05. The van der Waals surface area contributed by atoms with Gasteiger partial charge in [0.1, 0.15) is 0 Å². The number of hydrogen-bond acceptors (Lipinski definition) is 3. The minimum Gasteiger partial charge on any atom is -0.481 e. The van der Waals surface area contributed by atoms with Crippen molar-refractivity contribution in [3.05, 3.63) is 0 Å². The quantitative estimate of drug-likeness (QED) is 0.720. The molecular formula is C11H21NO3. The molecule has 88 valence electrons. The van der Waals surface area contributed by atoms with Crippen LogP contribution in [0.5, 0.6) is 0 Å². The summed E-state index contributed by atoms with van der Waals surface area (Å²) in [6, 6.07) is 0. The molecule has 2 bridgehead atoms. The summed E-state index contributed by atoms with van der Waals surface area (Å²) >= 11 is 0. The number of aliphatic carboxylic acids is 1. The average Bonchev–Trinajstić information content (AvgIpc) is 2.19. The summed E-state index contributed by atoms with van der Waals surface area (Å²) < 4.78 is 0. The normalized spacial score (nSPS) is 33.1. The van der Waals surface area contributed by atoms with E-state index in [1.807, 2.05) is 6.92 Å². The lowest BCUT2D eigenvalue weighted by molar-refractivity contribution is -0.137. The van der Waals surface area contributed by atoms with Crippen LogP contribution in [0.3, 0.4) is 0 Å². The molecule has 3 aliphatic rings. The summed E-state index contributed by atoms with van der Waals surface area (Å²) in [7, 11) is 0. The first-order valence-corrected chi connectivity index (χ1v) is 5.75. The van der Waals surface area contributed by atoms with Crippen LogP contribution in [0.2, 0.25) is 0 Å².